The topological polar surface area (TPSA) is 32.3 Å². The van der Waals surface area contributed by atoms with Gasteiger partial charge in [0, 0.05) is 49.1 Å². The molecule has 0 amide bonds. The van der Waals surface area contributed by atoms with Crippen LogP contribution < -0.4 is 4.90 Å². The second kappa shape index (κ2) is 6.76. The minimum Gasteiger partial charge on any atom is -0.352 e. The molecule has 4 nitrogen and oxygen atoms in total. The zero-order valence-corrected chi connectivity index (χ0v) is 14.3. The van der Waals surface area contributed by atoms with Crippen LogP contribution in [0.3, 0.4) is 0 Å². The van der Waals surface area contributed by atoms with Gasteiger partial charge in [0.15, 0.2) is 5.82 Å². The van der Waals surface area contributed by atoms with E-state index in [0.29, 0.717) is 6.54 Å². The van der Waals surface area contributed by atoms with Crippen LogP contribution >= 0.6 is 0 Å². The van der Waals surface area contributed by atoms with Gasteiger partial charge in [-0.3, -0.25) is 4.90 Å². The van der Waals surface area contributed by atoms with Gasteiger partial charge in [0.05, 0.1) is 5.69 Å². The van der Waals surface area contributed by atoms with Crippen molar-refractivity contribution in [2.75, 3.05) is 31.1 Å². The average molecular weight is 336 g/mol. The lowest BCUT2D eigenvalue weighted by Gasteiger charge is -2.35. The van der Waals surface area contributed by atoms with Gasteiger partial charge < -0.3 is 4.90 Å². The first-order valence-corrected chi connectivity index (χ1v) is 8.65. The standard InChI is InChI=1S/C20H21FN4/c1-15-17-7-3-4-8-18(17)20(23-22-15)25-12-10-24(11-13-25)14-16-6-2-5-9-19(16)21/h2-9H,10-14H2,1H3. The average Bonchev–Trinajstić information content (AvgIpc) is 2.65. The maximum Gasteiger partial charge on any atom is 0.159 e. The summed E-state index contributed by atoms with van der Waals surface area (Å²) in [6.07, 6.45) is 0. The van der Waals surface area contributed by atoms with Crippen molar-refractivity contribution in [1.29, 1.82) is 0 Å². The highest BCUT2D eigenvalue weighted by molar-refractivity contribution is 5.93. The summed E-state index contributed by atoms with van der Waals surface area (Å²) < 4.78 is 13.8. The molecule has 25 heavy (non-hydrogen) atoms. The Hall–Kier alpha value is -2.53. The Morgan fingerprint density at radius 3 is 2.32 bits per heavy atom. The number of halogens is 1. The van der Waals surface area contributed by atoms with Gasteiger partial charge in [0.1, 0.15) is 5.82 Å². The summed E-state index contributed by atoms with van der Waals surface area (Å²) in [6, 6.07) is 15.3. The second-order valence-electron chi connectivity index (χ2n) is 6.51. The summed E-state index contributed by atoms with van der Waals surface area (Å²) in [5.41, 5.74) is 1.72. The number of nitrogens with zero attached hydrogens (tertiary/aromatic N) is 4. The minimum atomic E-state index is -0.125. The number of rotatable bonds is 3. The zero-order valence-electron chi connectivity index (χ0n) is 14.3. The summed E-state index contributed by atoms with van der Waals surface area (Å²) in [5.74, 6) is 0.826. The third kappa shape index (κ3) is 3.20. The quantitative estimate of drug-likeness (QED) is 0.734. The number of aromatic nitrogens is 2. The summed E-state index contributed by atoms with van der Waals surface area (Å²) in [5, 5.41) is 11.1. The molecule has 0 N–H and O–H groups in total. The first-order chi connectivity index (χ1) is 12.2. The molecule has 5 heteroatoms. The summed E-state index contributed by atoms with van der Waals surface area (Å²) in [6.45, 7) is 6.16. The Balaban J connectivity index is 1.49. The van der Waals surface area contributed by atoms with Gasteiger partial charge in [-0.1, -0.05) is 42.5 Å². The number of benzene rings is 2. The molecule has 0 unspecified atom stereocenters. The van der Waals surface area contributed by atoms with Gasteiger partial charge in [-0.05, 0) is 13.0 Å². The predicted molar refractivity (Wildman–Crippen MR) is 98.2 cm³/mol. The highest BCUT2D eigenvalue weighted by Crippen LogP contribution is 2.26. The van der Waals surface area contributed by atoms with Crippen molar-refractivity contribution in [2.45, 2.75) is 13.5 Å². The Labute approximate surface area is 146 Å². The van der Waals surface area contributed by atoms with Crippen LogP contribution in [0, 0.1) is 12.7 Å². The maximum absolute atomic E-state index is 13.8. The van der Waals surface area contributed by atoms with Crippen molar-refractivity contribution < 1.29 is 4.39 Å². The lowest BCUT2D eigenvalue weighted by atomic mass is 10.1. The predicted octanol–water partition coefficient (Wildman–Crippen LogP) is 3.40. The Morgan fingerprint density at radius 1 is 0.880 bits per heavy atom. The molecule has 4 rings (SSSR count). The molecule has 0 aliphatic carbocycles. The highest BCUT2D eigenvalue weighted by atomic mass is 19.1. The third-order valence-corrected chi connectivity index (χ3v) is 4.88. The molecular formula is C20H21FN4. The van der Waals surface area contributed by atoms with E-state index in [4.69, 9.17) is 0 Å². The van der Waals surface area contributed by atoms with Gasteiger partial charge in [-0.15, -0.1) is 5.10 Å². The largest absolute Gasteiger partial charge is 0.352 e. The zero-order chi connectivity index (χ0) is 17.2. The van der Waals surface area contributed by atoms with E-state index < -0.39 is 0 Å². The molecule has 1 fully saturated rings. The molecule has 0 saturated carbocycles. The summed E-state index contributed by atoms with van der Waals surface area (Å²) >= 11 is 0. The van der Waals surface area contributed by atoms with E-state index in [9.17, 15) is 4.39 Å². The maximum atomic E-state index is 13.8. The number of fused-ring (bicyclic) bond motifs is 1. The molecule has 2 aromatic carbocycles. The molecule has 1 aliphatic rings. The van der Waals surface area contributed by atoms with Crippen LogP contribution in [0.15, 0.2) is 48.5 Å². The molecule has 1 aromatic heterocycles. The van der Waals surface area contributed by atoms with Crippen molar-refractivity contribution in [3.05, 3.63) is 65.6 Å². The molecule has 3 aromatic rings. The fourth-order valence-corrected chi connectivity index (χ4v) is 3.44. The number of hydrogen-bond donors (Lipinski definition) is 0. The lowest BCUT2D eigenvalue weighted by molar-refractivity contribution is 0.246. The van der Waals surface area contributed by atoms with Crippen LogP contribution in [0.2, 0.25) is 0 Å². The molecular weight excluding hydrogens is 315 g/mol. The van der Waals surface area contributed by atoms with Gasteiger partial charge in [0.2, 0.25) is 0 Å². The van der Waals surface area contributed by atoms with Gasteiger partial charge in [-0.2, -0.15) is 5.10 Å². The highest BCUT2D eigenvalue weighted by Gasteiger charge is 2.21. The normalized spacial score (nSPS) is 15.7. The second-order valence-corrected chi connectivity index (χ2v) is 6.51. The Kier molecular flexibility index (Phi) is 4.32. The molecule has 128 valence electrons. The van der Waals surface area contributed by atoms with Crippen LogP contribution in [-0.4, -0.2) is 41.3 Å². The van der Waals surface area contributed by atoms with Gasteiger partial charge in [0.25, 0.3) is 0 Å². The summed E-state index contributed by atoms with van der Waals surface area (Å²) in [4.78, 5) is 4.57. The van der Waals surface area contributed by atoms with Crippen LogP contribution in [0.25, 0.3) is 10.8 Å². The van der Waals surface area contributed by atoms with Crippen LogP contribution in [-0.2, 0) is 6.54 Å². The van der Waals surface area contributed by atoms with Gasteiger partial charge in [-0.25, -0.2) is 4.39 Å². The molecule has 0 atom stereocenters. The van der Waals surface area contributed by atoms with E-state index in [1.54, 1.807) is 6.07 Å². The molecule has 0 radical (unpaired) electrons. The number of aryl methyl sites for hydroxylation is 1. The number of piperazine rings is 1. The van der Waals surface area contributed by atoms with Crippen LogP contribution in [0.5, 0.6) is 0 Å². The fourth-order valence-electron chi connectivity index (χ4n) is 3.44. The van der Waals surface area contributed by atoms with Crippen LogP contribution in [0.1, 0.15) is 11.3 Å². The van der Waals surface area contributed by atoms with E-state index in [0.717, 1.165) is 54.0 Å². The number of hydrogen-bond acceptors (Lipinski definition) is 4. The minimum absolute atomic E-state index is 0.125. The van der Waals surface area contributed by atoms with Crippen molar-refractivity contribution in [1.82, 2.24) is 15.1 Å². The van der Waals surface area contributed by atoms with Crippen molar-refractivity contribution in [3.8, 4) is 0 Å². The van der Waals surface area contributed by atoms with Crippen molar-refractivity contribution in [2.24, 2.45) is 0 Å². The van der Waals surface area contributed by atoms with E-state index in [-0.39, 0.29) is 5.82 Å². The molecule has 0 spiro atoms. The fraction of sp³-hybridized carbons (Fsp3) is 0.300. The first-order valence-electron chi connectivity index (χ1n) is 8.65. The molecule has 1 saturated heterocycles. The lowest BCUT2D eigenvalue weighted by Crippen LogP contribution is -2.46. The molecule has 0 bridgehead atoms. The molecule has 1 aliphatic heterocycles. The van der Waals surface area contributed by atoms with Crippen molar-refractivity contribution >= 4 is 16.6 Å². The van der Waals surface area contributed by atoms with Crippen molar-refractivity contribution in [3.63, 3.8) is 0 Å². The Morgan fingerprint density at radius 2 is 1.56 bits per heavy atom. The van der Waals surface area contributed by atoms with Gasteiger partial charge >= 0.3 is 0 Å². The number of anilines is 1. The monoisotopic (exact) mass is 336 g/mol. The van der Waals surface area contributed by atoms with E-state index in [1.165, 1.54) is 6.07 Å². The first kappa shape index (κ1) is 16.0. The Bertz CT molecular complexity index is 888. The molecule has 2 heterocycles. The third-order valence-electron chi connectivity index (χ3n) is 4.88. The summed E-state index contributed by atoms with van der Waals surface area (Å²) in [7, 11) is 0. The smallest absolute Gasteiger partial charge is 0.159 e. The SMILES string of the molecule is Cc1nnc(N2CCN(Cc3ccccc3F)CC2)c2ccccc12. The van der Waals surface area contributed by atoms with E-state index in [2.05, 4.69) is 32.1 Å². The van der Waals surface area contributed by atoms with Crippen LogP contribution in [0.4, 0.5) is 10.2 Å². The van der Waals surface area contributed by atoms with E-state index in [1.807, 2.05) is 31.2 Å². The van der Waals surface area contributed by atoms with E-state index >= 15 is 0 Å².